The molecule has 0 radical (unpaired) electrons. The van der Waals surface area contributed by atoms with Crippen LogP contribution in [0.5, 0.6) is 5.75 Å². The number of rotatable bonds is 4. The summed E-state index contributed by atoms with van der Waals surface area (Å²) < 4.78 is 6.76. The maximum absolute atomic E-state index is 5.89. The number of nitrogens with two attached hydrogens (primary N) is 2. The summed E-state index contributed by atoms with van der Waals surface area (Å²) in [6.07, 6.45) is 0.739. The zero-order valence-corrected chi connectivity index (χ0v) is 11.1. The van der Waals surface area contributed by atoms with Gasteiger partial charge in [0, 0.05) is 18.2 Å². The Morgan fingerprint density at radius 2 is 2.17 bits per heavy atom. The molecule has 0 aliphatic heterocycles. The van der Waals surface area contributed by atoms with Crippen molar-refractivity contribution in [2.45, 2.75) is 23.4 Å². The summed E-state index contributed by atoms with van der Waals surface area (Å²) in [5.41, 5.74) is 6.36. The molecule has 0 aliphatic rings. The van der Waals surface area contributed by atoms with Crippen LogP contribution in [0.1, 0.15) is 12.7 Å². The number of benzene rings is 1. The van der Waals surface area contributed by atoms with E-state index in [9.17, 15) is 0 Å². The van der Waals surface area contributed by atoms with Gasteiger partial charge in [-0.2, -0.15) is 0 Å². The van der Waals surface area contributed by atoms with E-state index in [2.05, 4.69) is 10.2 Å². The molecule has 18 heavy (non-hydrogen) atoms. The van der Waals surface area contributed by atoms with Crippen molar-refractivity contribution in [2.75, 3.05) is 18.7 Å². The highest BCUT2D eigenvalue weighted by Crippen LogP contribution is 2.34. The number of ether oxygens (including phenoxy) is 1. The van der Waals surface area contributed by atoms with Gasteiger partial charge in [-0.15, -0.1) is 10.2 Å². The molecule has 0 fully saturated rings. The van der Waals surface area contributed by atoms with Crippen LogP contribution in [0.2, 0.25) is 0 Å². The fourth-order valence-corrected chi connectivity index (χ4v) is 2.35. The molecule has 0 saturated carbocycles. The molecule has 0 bridgehead atoms. The number of methoxy groups -OCH3 is 1. The number of hydrogen-bond acceptors (Lipinski definition) is 6. The molecule has 0 unspecified atom stereocenters. The molecule has 0 aliphatic carbocycles. The van der Waals surface area contributed by atoms with Crippen LogP contribution in [0, 0.1) is 0 Å². The number of anilines is 1. The van der Waals surface area contributed by atoms with Gasteiger partial charge in [-0.25, -0.2) is 4.68 Å². The second-order valence-corrected chi connectivity index (χ2v) is 4.64. The third-order valence-corrected chi connectivity index (χ3v) is 3.46. The van der Waals surface area contributed by atoms with Gasteiger partial charge in [0.05, 0.1) is 12.0 Å². The van der Waals surface area contributed by atoms with Gasteiger partial charge >= 0.3 is 0 Å². The van der Waals surface area contributed by atoms with Crippen LogP contribution in [0.25, 0.3) is 0 Å². The van der Waals surface area contributed by atoms with Crippen molar-refractivity contribution in [3.8, 4) is 5.75 Å². The molecule has 7 heteroatoms. The Morgan fingerprint density at radius 1 is 1.39 bits per heavy atom. The molecule has 2 aromatic rings. The average molecular weight is 265 g/mol. The van der Waals surface area contributed by atoms with Crippen LogP contribution in [-0.4, -0.2) is 22.0 Å². The first-order chi connectivity index (χ1) is 8.65. The van der Waals surface area contributed by atoms with E-state index in [-0.39, 0.29) is 0 Å². The maximum Gasteiger partial charge on any atom is 0.214 e. The Kier molecular flexibility index (Phi) is 3.61. The molecule has 1 aromatic carbocycles. The summed E-state index contributed by atoms with van der Waals surface area (Å²) in [6.45, 7) is 1.98. The second-order valence-electron chi connectivity index (χ2n) is 3.63. The summed E-state index contributed by atoms with van der Waals surface area (Å²) in [4.78, 5) is 0.897. The van der Waals surface area contributed by atoms with Crippen molar-refractivity contribution in [1.82, 2.24) is 14.9 Å². The summed E-state index contributed by atoms with van der Waals surface area (Å²) in [5, 5.41) is 8.67. The van der Waals surface area contributed by atoms with E-state index in [0.29, 0.717) is 16.6 Å². The Bertz CT molecular complexity index is 554. The number of hydrogen-bond donors (Lipinski definition) is 2. The summed E-state index contributed by atoms with van der Waals surface area (Å²) in [6, 6.07) is 5.45. The van der Waals surface area contributed by atoms with Crippen LogP contribution in [-0.2, 0) is 6.42 Å². The number of nitrogen functional groups attached to an aromatic ring is 2. The van der Waals surface area contributed by atoms with Gasteiger partial charge in [-0.3, -0.25) is 0 Å². The normalized spacial score (nSPS) is 10.6. The predicted molar refractivity (Wildman–Crippen MR) is 71.1 cm³/mol. The number of aromatic nitrogens is 3. The first-order valence-corrected chi connectivity index (χ1v) is 6.28. The van der Waals surface area contributed by atoms with E-state index in [4.69, 9.17) is 16.3 Å². The molecule has 6 nitrogen and oxygen atoms in total. The van der Waals surface area contributed by atoms with Gasteiger partial charge in [-0.1, -0.05) is 6.92 Å². The molecule has 2 rings (SSSR count). The Morgan fingerprint density at radius 3 is 2.78 bits per heavy atom. The molecule has 96 valence electrons. The molecule has 0 saturated heterocycles. The quantitative estimate of drug-likeness (QED) is 0.639. The van der Waals surface area contributed by atoms with Crippen molar-refractivity contribution in [3.63, 3.8) is 0 Å². The molecular formula is C11H15N5OS. The number of aryl methyl sites for hydroxylation is 1. The highest BCUT2D eigenvalue weighted by Gasteiger charge is 2.12. The minimum absolute atomic E-state index is 0.620. The van der Waals surface area contributed by atoms with E-state index in [1.54, 1.807) is 13.2 Å². The Balaban J connectivity index is 2.30. The lowest BCUT2D eigenvalue weighted by Gasteiger charge is -2.08. The van der Waals surface area contributed by atoms with E-state index in [0.717, 1.165) is 17.1 Å². The van der Waals surface area contributed by atoms with Gasteiger partial charge in [0.1, 0.15) is 5.75 Å². The monoisotopic (exact) mass is 265 g/mol. The minimum Gasteiger partial charge on any atom is -0.495 e. The van der Waals surface area contributed by atoms with Gasteiger partial charge in [-0.05, 0) is 23.9 Å². The van der Waals surface area contributed by atoms with Gasteiger partial charge < -0.3 is 16.3 Å². The summed E-state index contributed by atoms with van der Waals surface area (Å²) >= 11 is 1.39. The standard InChI is InChI=1S/C11H15N5OS/c1-3-10-14-15-11(16(10)13)18-9-5-4-7(12)6-8(9)17-2/h4-6H,3,12-13H2,1-2H3. The third-order valence-electron chi connectivity index (χ3n) is 2.44. The second kappa shape index (κ2) is 5.18. The molecule has 0 amide bonds. The molecule has 0 atom stereocenters. The van der Waals surface area contributed by atoms with Crippen LogP contribution in [0.15, 0.2) is 28.3 Å². The summed E-state index contributed by atoms with van der Waals surface area (Å²) in [7, 11) is 1.60. The van der Waals surface area contributed by atoms with Crippen molar-refractivity contribution in [1.29, 1.82) is 0 Å². The lowest BCUT2D eigenvalue weighted by Crippen LogP contribution is -2.13. The summed E-state index contributed by atoms with van der Waals surface area (Å²) in [5.74, 6) is 7.33. The topological polar surface area (TPSA) is 92.0 Å². The van der Waals surface area contributed by atoms with Gasteiger partial charge in [0.15, 0.2) is 5.82 Å². The maximum atomic E-state index is 5.89. The molecular weight excluding hydrogens is 250 g/mol. The SMILES string of the molecule is CCc1nnc(Sc2ccc(N)cc2OC)n1N. The molecule has 0 spiro atoms. The predicted octanol–water partition coefficient (Wildman–Crippen LogP) is 1.30. The molecule has 4 N–H and O–H groups in total. The van der Waals surface area contributed by atoms with E-state index in [1.807, 2.05) is 19.1 Å². The number of nitrogens with zero attached hydrogens (tertiary/aromatic N) is 3. The minimum atomic E-state index is 0.620. The largest absolute Gasteiger partial charge is 0.495 e. The zero-order valence-electron chi connectivity index (χ0n) is 10.3. The van der Waals surface area contributed by atoms with E-state index < -0.39 is 0 Å². The van der Waals surface area contributed by atoms with Crippen LogP contribution in [0.3, 0.4) is 0 Å². The fourth-order valence-electron chi connectivity index (χ4n) is 1.48. The highest BCUT2D eigenvalue weighted by atomic mass is 32.2. The highest BCUT2D eigenvalue weighted by molar-refractivity contribution is 7.99. The smallest absolute Gasteiger partial charge is 0.214 e. The van der Waals surface area contributed by atoms with Crippen LogP contribution < -0.4 is 16.3 Å². The van der Waals surface area contributed by atoms with Gasteiger partial charge in [0.2, 0.25) is 5.16 Å². The van der Waals surface area contributed by atoms with Crippen molar-refractivity contribution < 1.29 is 4.74 Å². The first-order valence-electron chi connectivity index (χ1n) is 5.46. The van der Waals surface area contributed by atoms with Crippen LogP contribution in [0.4, 0.5) is 5.69 Å². The van der Waals surface area contributed by atoms with Crippen molar-refractivity contribution in [2.24, 2.45) is 0 Å². The van der Waals surface area contributed by atoms with Crippen molar-refractivity contribution >= 4 is 17.4 Å². The average Bonchev–Trinajstić information content (AvgIpc) is 2.72. The van der Waals surface area contributed by atoms with Crippen LogP contribution >= 0.6 is 11.8 Å². The molecule has 1 heterocycles. The van der Waals surface area contributed by atoms with Crippen molar-refractivity contribution in [3.05, 3.63) is 24.0 Å². The zero-order chi connectivity index (χ0) is 13.1. The Hall–Kier alpha value is -1.89. The first kappa shape index (κ1) is 12.6. The van der Waals surface area contributed by atoms with Gasteiger partial charge in [0.25, 0.3) is 0 Å². The molecule has 1 aromatic heterocycles. The Labute approximate surface area is 109 Å². The lowest BCUT2D eigenvalue weighted by molar-refractivity contribution is 0.405. The fraction of sp³-hybridized carbons (Fsp3) is 0.273. The third kappa shape index (κ3) is 2.35. The van der Waals surface area contributed by atoms with E-state index in [1.165, 1.54) is 16.4 Å². The lowest BCUT2D eigenvalue weighted by atomic mass is 10.3. The van der Waals surface area contributed by atoms with E-state index >= 15 is 0 Å².